The fourth-order valence-electron chi connectivity index (χ4n) is 2.47. The summed E-state index contributed by atoms with van der Waals surface area (Å²) in [6, 6.07) is 17.5. The molecule has 1 heterocycles. The lowest BCUT2D eigenvalue weighted by molar-refractivity contribution is 0.0939. The third-order valence-corrected chi connectivity index (χ3v) is 3.83. The first-order valence-electron chi connectivity index (χ1n) is 7.70. The van der Waals surface area contributed by atoms with Crippen LogP contribution >= 0.6 is 0 Å². The van der Waals surface area contributed by atoms with Gasteiger partial charge >= 0.3 is 0 Å². The lowest BCUT2D eigenvalue weighted by Crippen LogP contribution is -2.26. The van der Waals surface area contributed by atoms with Crippen molar-refractivity contribution >= 4 is 5.91 Å². The average molecular weight is 320 g/mol. The Morgan fingerprint density at radius 1 is 1.00 bits per heavy atom. The molecule has 3 aromatic rings. The molecule has 2 aromatic carbocycles. The van der Waals surface area contributed by atoms with Gasteiger partial charge in [-0.05, 0) is 36.2 Å². The lowest BCUT2D eigenvalue weighted by atomic mass is 10.0. The first-order valence-corrected chi connectivity index (χ1v) is 7.70. The number of benzene rings is 2. The van der Waals surface area contributed by atoms with Gasteiger partial charge in [0.25, 0.3) is 5.91 Å². The highest BCUT2D eigenvalue weighted by Crippen LogP contribution is 2.20. The van der Waals surface area contributed by atoms with Crippen LogP contribution in [0.4, 0.5) is 4.39 Å². The number of carbonyl (C=O) groups excluding carboxylic acids is 1. The Kier molecular flexibility index (Phi) is 4.66. The summed E-state index contributed by atoms with van der Waals surface area (Å²) < 4.78 is 13.0. The lowest BCUT2D eigenvalue weighted by Gasteiger charge is -2.14. The van der Waals surface area contributed by atoms with Crippen LogP contribution in [0.2, 0.25) is 0 Å². The molecule has 1 amide bonds. The van der Waals surface area contributed by atoms with Gasteiger partial charge in [-0.2, -0.15) is 0 Å². The molecule has 1 unspecified atom stereocenters. The quantitative estimate of drug-likeness (QED) is 0.775. The number of nitrogens with zero attached hydrogens (tertiary/aromatic N) is 1. The van der Waals surface area contributed by atoms with Gasteiger partial charge in [0.05, 0.1) is 11.6 Å². The fourth-order valence-corrected chi connectivity index (χ4v) is 2.47. The van der Waals surface area contributed by atoms with Crippen molar-refractivity contribution in [2.45, 2.75) is 13.0 Å². The van der Waals surface area contributed by atoms with Crippen LogP contribution in [0.1, 0.15) is 28.9 Å². The van der Waals surface area contributed by atoms with E-state index in [0.717, 1.165) is 16.7 Å². The molecule has 4 heteroatoms. The number of halogens is 1. The Hall–Kier alpha value is -3.01. The van der Waals surface area contributed by atoms with E-state index in [1.165, 1.54) is 18.3 Å². The molecule has 0 saturated heterocycles. The molecule has 120 valence electrons. The summed E-state index contributed by atoms with van der Waals surface area (Å²) in [6.45, 7) is 1.94. The Labute approximate surface area is 140 Å². The number of hydrogen-bond acceptors (Lipinski definition) is 2. The standard InChI is InChI=1S/C20H17FN2O/c1-14(15-5-3-2-4-6-15)23-20(24)18-11-17(12-22-13-18)16-7-9-19(21)10-8-16/h2-14H,1H3,(H,23,24). The molecule has 3 nitrogen and oxygen atoms in total. The smallest absolute Gasteiger partial charge is 0.253 e. The SMILES string of the molecule is CC(NC(=O)c1cncc(-c2ccc(F)cc2)c1)c1ccccc1. The van der Waals surface area contributed by atoms with Gasteiger partial charge in [0.2, 0.25) is 0 Å². The Balaban J connectivity index is 1.78. The molecule has 0 bridgehead atoms. The van der Waals surface area contributed by atoms with Crippen molar-refractivity contribution in [3.63, 3.8) is 0 Å². The van der Waals surface area contributed by atoms with E-state index in [-0.39, 0.29) is 17.8 Å². The zero-order chi connectivity index (χ0) is 16.9. The van der Waals surface area contributed by atoms with Gasteiger partial charge in [-0.15, -0.1) is 0 Å². The molecule has 1 aromatic heterocycles. The summed E-state index contributed by atoms with van der Waals surface area (Å²) in [5.41, 5.74) is 3.10. The van der Waals surface area contributed by atoms with Crippen molar-refractivity contribution in [3.05, 3.63) is 90.0 Å². The van der Waals surface area contributed by atoms with Gasteiger partial charge in [0, 0.05) is 18.0 Å². The molecule has 3 rings (SSSR count). The van der Waals surface area contributed by atoms with Crippen LogP contribution in [0.3, 0.4) is 0 Å². The van der Waals surface area contributed by atoms with Gasteiger partial charge in [0.1, 0.15) is 5.82 Å². The minimum Gasteiger partial charge on any atom is -0.345 e. The molecule has 0 saturated carbocycles. The van der Waals surface area contributed by atoms with E-state index in [9.17, 15) is 9.18 Å². The van der Waals surface area contributed by atoms with Crippen molar-refractivity contribution in [1.29, 1.82) is 0 Å². The first kappa shape index (κ1) is 15.9. The van der Waals surface area contributed by atoms with Crippen LogP contribution < -0.4 is 5.32 Å². The average Bonchev–Trinajstić information content (AvgIpc) is 2.63. The van der Waals surface area contributed by atoms with E-state index in [2.05, 4.69) is 10.3 Å². The second-order valence-electron chi connectivity index (χ2n) is 5.58. The van der Waals surface area contributed by atoms with Crippen LogP contribution in [0.5, 0.6) is 0 Å². The van der Waals surface area contributed by atoms with Crippen molar-refractivity contribution in [2.24, 2.45) is 0 Å². The zero-order valence-electron chi connectivity index (χ0n) is 13.2. The largest absolute Gasteiger partial charge is 0.345 e. The normalized spacial score (nSPS) is 11.8. The van der Waals surface area contributed by atoms with Crippen molar-refractivity contribution in [3.8, 4) is 11.1 Å². The van der Waals surface area contributed by atoms with Gasteiger partial charge < -0.3 is 5.32 Å². The molecule has 0 aliphatic rings. The highest BCUT2D eigenvalue weighted by atomic mass is 19.1. The summed E-state index contributed by atoms with van der Waals surface area (Å²) in [4.78, 5) is 16.6. The number of nitrogens with one attached hydrogen (secondary N) is 1. The Bertz CT molecular complexity index is 832. The maximum Gasteiger partial charge on any atom is 0.253 e. The van der Waals surface area contributed by atoms with Crippen LogP contribution in [0, 0.1) is 5.82 Å². The summed E-state index contributed by atoms with van der Waals surface area (Å²) in [6.07, 6.45) is 3.19. The van der Waals surface area contributed by atoms with Crippen molar-refractivity contribution in [2.75, 3.05) is 0 Å². The van der Waals surface area contributed by atoms with Gasteiger partial charge in [-0.1, -0.05) is 42.5 Å². The van der Waals surface area contributed by atoms with Crippen molar-refractivity contribution < 1.29 is 9.18 Å². The van der Waals surface area contributed by atoms with E-state index >= 15 is 0 Å². The number of aromatic nitrogens is 1. The van der Waals surface area contributed by atoms with Crippen LogP contribution in [0.25, 0.3) is 11.1 Å². The maximum atomic E-state index is 13.0. The second kappa shape index (κ2) is 7.04. The molecular weight excluding hydrogens is 303 g/mol. The third kappa shape index (κ3) is 3.66. The number of pyridine rings is 1. The van der Waals surface area contributed by atoms with E-state index in [0.29, 0.717) is 5.56 Å². The number of amides is 1. The molecule has 24 heavy (non-hydrogen) atoms. The van der Waals surface area contributed by atoms with E-state index in [1.807, 2.05) is 37.3 Å². The van der Waals surface area contributed by atoms with Gasteiger partial charge in [0.15, 0.2) is 0 Å². The number of hydrogen-bond donors (Lipinski definition) is 1. The topological polar surface area (TPSA) is 42.0 Å². The van der Waals surface area contributed by atoms with E-state index in [1.54, 1.807) is 24.4 Å². The Morgan fingerprint density at radius 3 is 2.42 bits per heavy atom. The summed E-state index contributed by atoms with van der Waals surface area (Å²) in [7, 11) is 0. The van der Waals surface area contributed by atoms with Crippen LogP contribution in [0.15, 0.2) is 73.1 Å². The second-order valence-corrected chi connectivity index (χ2v) is 5.58. The summed E-state index contributed by atoms with van der Waals surface area (Å²) in [5, 5.41) is 2.96. The molecule has 1 atom stereocenters. The van der Waals surface area contributed by atoms with Gasteiger partial charge in [-0.25, -0.2) is 4.39 Å². The number of carbonyl (C=O) groups is 1. The Morgan fingerprint density at radius 2 is 1.71 bits per heavy atom. The molecule has 0 aliphatic carbocycles. The predicted molar refractivity (Wildman–Crippen MR) is 92.0 cm³/mol. The maximum absolute atomic E-state index is 13.0. The van der Waals surface area contributed by atoms with Crippen LogP contribution in [-0.2, 0) is 0 Å². The minimum atomic E-state index is -0.294. The molecule has 0 radical (unpaired) electrons. The first-order chi connectivity index (χ1) is 11.6. The monoisotopic (exact) mass is 320 g/mol. The van der Waals surface area contributed by atoms with E-state index < -0.39 is 0 Å². The molecule has 0 aliphatic heterocycles. The molecular formula is C20H17FN2O. The highest BCUT2D eigenvalue weighted by Gasteiger charge is 2.12. The number of rotatable bonds is 4. The van der Waals surface area contributed by atoms with Crippen molar-refractivity contribution in [1.82, 2.24) is 10.3 Å². The third-order valence-electron chi connectivity index (χ3n) is 3.83. The fraction of sp³-hybridized carbons (Fsp3) is 0.100. The summed E-state index contributed by atoms with van der Waals surface area (Å²) >= 11 is 0. The summed E-state index contributed by atoms with van der Waals surface area (Å²) in [5.74, 6) is -0.486. The van der Waals surface area contributed by atoms with Gasteiger partial charge in [-0.3, -0.25) is 9.78 Å². The molecule has 0 spiro atoms. The minimum absolute atomic E-state index is 0.104. The zero-order valence-corrected chi connectivity index (χ0v) is 13.2. The van der Waals surface area contributed by atoms with E-state index in [4.69, 9.17) is 0 Å². The molecule has 0 fully saturated rings. The van der Waals surface area contributed by atoms with Crippen LogP contribution in [-0.4, -0.2) is 10.9 Å². The molecule has 1 N–H and O–H groups in total. The predicted octanol–water partition coefficient (Wildman–Crippen LogP) is 4.38. The highest BCUT2D eigenvalue weighted by molar-refractivity contribution is 5.95.